The van der Waals surface area contributed by atoms with Gasteiger partial charge in [-0.05, 0) is 57.7 Å². The number of nitrogens with zero attached hydrogens (tertiary/aromatic N) is 1. The highest BCUT2D eigenvalue weighted by Crippen LogP contribution is 2.30. The third kappa shape index (κ3) is 4.05. The quantitative estimate of drug-likeness (QED) is 0.747. The molecule has 1 fully saturated rings. The molecule has 1 aliphatic rings. The van der Waals surface area contributed by atoms with Crippen LogP contribution < -0.4 is 10.1 Å². The topological polar surface area (TPSA) is 49.9 Å². The summed E-state index contributed by atoms with van der Waals surface area (Å²) in [6.45, 7) is 5.52. The Balaban J connectivity index is 1.57. The number of fused-ring (bicyclic) bond motifs is 1. The van der Waals surface area contributed by atoms with Crippen LogP contribution in [0.5, 0.6) is 5.75 Å². The smallest absolute Gasteiger partial charge is 0.123 e. The number of hydrogen-bond acceptors (Lipinski definition) is 3. The fourth-order valence-corrected chi connectivity index (χ4v) is 3.56. The number of aryl methyl sites for hydroxylation is 1. The Hall–Kier alpha value is -1.55. The van der Waals surface area contributed by atoms with Crippen LogP contribution >= 0.6 is 0 Å². The number of nitrogens with one attached hydrogen (secondary N) is 2. The molecule has 0 amide bonds. The van der Waals surface area contributed by atoms with Gasteiger partial charge in [0.1, 0.15) is 11.9 Å². The molecule has 1 aliphatic carbocycles. The average molecular weight is 315 g/mol. The molecule has 4 heteroatoms. The Morgan fingerprint density at radius 1 is 1.30 bits per heavy atom. The van der Waals surface area contributed by atoms with Crippen molar-refractivity contribution in [1.82, 2.24) is 15.5 Å². The second kappa shape index (κ2) is 7.82. The lowest BCUT2D eigenvalue weighted by Gasteiger charge is -2.30. The largest absolute Gasteiger partial charge is 0.490 e. The van der Waals surface area contributed by atoms with Gasteiger partial charge in [0.25, 0.3) is 0 Å². The van der Waals surface area contributed by atoms with E-state index < -0.39 is 0 Å². The first-order valence-electron chi connectivity index (χ1n) is 9.10. The van der Waals surface area contributed by atoms with Gasteiger partial charge in [0.05, 0.1) is 11.7 Å². The summed E-state index contributed by atoms with van der Waals surface area (Å²) in [7, 11) is 0. The summed E-state index contributed by atoms with van der Waals surface area (Å²) in [4.78, 5) is 0. The fourth-order valence-electron chi connectivity index (χ4n) is 3.56. The average Bonchev–Trinajstić information content (AvgIpc) is 3.04. The van der Waals surface area contributed by atoms with E-state index in [1.54, 1.807) is 0 Å². The minimum absolute atomic E-state index is 0.329. The van der Waals surface area contributed by atoms with Gasteiger partial charge in [0.15, 0.2) is 0 Å². The van der Waals surface area contributed by atoms with Crippen molar-refractivity contribution in [3.63, 3.8) is 0 Å². The molecule has 0 aliphatic heterocycles. The van der Waals surface area contributed by atoms with E-state index in [4.69, 9.17) is 4.74 Å². The molecule has 2 atom stereocenters. The van der Waals surface area contributed by atoms with Crippen molar-refractivity contribution >= 4 is 10.9 Å². The number of hydrogen-bond donors (Lipinski definition) is 2. The molecule has 1 aromatic heterocycles. The summed E-state index contributed by atoms with van der Waals surface area (Å²) in [5.74, 6) is 1.01. The number of ether oxygens (including phenoxy) is 1. The van der Waals surface area contributed by atoms with Crippen LogP contribution in [0.1, 0.15) is 57.4 Å². The highest BCUT2D eigenvalue weighted by molar-refractivity contribution is 5.83. The first-order chi connectivity index (χ1) is 11.3. The number of aromatic nitrogens is 2. The lowest BCUT2D eigenvalue weighted by molar-refractivity contribution is 0.134. The predicted octanol–water partition coefficient (Wildman–Crippen LogP) is 4.34. The van der Waals surface area contributed by atoms with Crippen LogP contribution in [0.2, 0.25) is 0 Å². The van der Waals surface area contributed by atoms with E-state index in [0.717, 1.165) is 36.0 Å². The number of aromatic amines is 1. The van der Waals surface area contributed by atoms with Gasteiger partial charge in [-0.15, -0.1) is 0 Å². The Kier molecular flexibility index (Phi) is 5.55. The van der Waals surface area contributed by atoms with Gasteiger partial charge >= 0.3 is 0 Å². The zero-order chi connectivity index (χ0) is 16.1. The van der Waals surface area contributed by atoms with E-state index in [0.29, 0.717) is 12.1 Å². The second-order valence-electron chi connectivity index (χ2n) is 6.78. The molecule has 0 radical (unpaired) electrons. The van der Waals surface area contributed by atoms with E-state index in [-0.39, 0.29) is 0 Å². The molecular formula is C19H29N3O. The van der Waals surface area contributed by atoms with Crippen LogP contribution in [-0.4, -0.2) is 28.9 Å². The maximum Gasteiger partial charge on any atom is 0.123 e. The zero-order valence-electron chi connectivity index (χ0n) is 14.4. The molecule has 23 heavy (non-hydrogen) atoms. The first kappa shape index (κ1) is 16.3. The third-order valence-corrected chi connectivity index (χ3v) is 4.98. The molecule has 4 nitrogen and oxygen atoms in total. The van der Waals surface area contributed by atoms with Crippen molar-refractivity contribution in [3.05, 3.63) is 23.9 Å². The summed E-state index contributed by atoms with van der Waals surface area (Å²) in [5, 5.41) is 12.0. The molecule has 2 aromatic rings. The molecule has 1 saturated carbocycles. The predicted molar refractivity (Wildman–Crippen MR) is 95.0 cm³/mol. The number of unbranched alkanes of at least 4 members (excludes halogenated alkanes) is 2. The highest BCUT2D eigenvalue weighted by Gasteiger charge is 2.23. The molecule has 126 valence electrons. The summed E-state index contributed by atoms with van der Waals surface area (Å²) < 4.78 is 6.34. The van der Waals surface area contributed by atoms with Crippen LogP contribution in [0.3, 0.4) is 0 Å². The molecule has 3 rings (SSSR count). The Labute approximate surface area is 139 Å². The number of H-pyrrole nitrogens is 1. The van der Waals surface area contributed by atoms with Crippen molar-refractivity contribution in [1.29, 1.82) is 0 Å². The van der Waals surface area contributed by atoms with E-state index in [2.05, 4.69) is 41.5 Å². The highest BCUT2D eigenvalue weighted by atomic mass is 16.5. The van der Waals surface area contributed by atoms with Gasteiger partial charge in [-0.3, -0.25) is 5.10 Å². The van der Waals surface area contributed by atoms with E-state index in [1.165, 1.54) is 37.7 Å². The number of benzene rings is 1. The van der Waals surface area contributed by atoms with Crippen LogP contribution in [-0.2, 0) is 0 Å². The summed E-state index contributed by atoms with van der Waals surface area (Å²) in [5.41, 5.74) is 2.27. The normalized spacial score (nSPS) is 21.7. The van der Waals surface area contributed by atoms with Crippen LogP contribution in [0.15, 0.2) is 18.3 Å². The van der Waals surface area contributed by atoms with E-state index in [9.17, 15) is 0 Å². The summed E-state index contributed by atoms with van der Waals surface area (Å²) >= 11 is 0. The van der Waals surface area contributed by atoms with Crippen LogP contribution in [0.4, 0.5) is 0 Å². The third-order valence-electron chi connectivity index (χ3n) is 4.98. The first-order valence-corrected chi connectivity index (χ1v) is 9.10. The SMILES string of the molecule is CCCCCNC1CCCC(Oc2ccc3[nH]ncc3c2C)C1. The minimum atomic E-state index is 0.329. The van der Waals surface area contributed by atoms with Gasteiger partial charge in [-0.25, -0.2) is 0 Å². The summed E-state index contributed by atoms with van der Waals surface area (Å²) in [6, 6.07) is 4.76. The summed E-state index contributed by atoms with van der Waals surface area (Å²) in [6.07, 6.45) is 10.9. The monoisotopic (exact) mass is 315 g/mol. The van der Waals surface area contributed by atoms with Gasteiger partial charge in [0.2, 0.25) is 0 Å². The molecule has 0 bridgehead atoms. The van der Waals surface area contributed by atoms with Crippen LogP contribution in [0, 0.1) is 6.92 Å². The van der Waals surface area contributed by atoms with E-state index in [1.807, 2.05) is 6.20 Å². The van der Waals surface area contributed by atoms with Crippen molar-refractivity contribution < 1.29 is 4.74 Å². The Morgan fingerprint density at radius 3 is 3.09 bits per heavy atom. The second-order valence-corrected chi connectivity index (χ2v) is 6.78. The maximum atomic E-state index is 6.34. The van der Waals surface area contributed by atoms with Gasteiger partial charge < -0.3 is 10.1 Å². The maximum absolute atomic E-state index is 6.34. The van der Waals surface area contributed by atoms with Crippen molar-refractivity contribution in [3.8, 4) is 5.75 Å². The standard InChI is InChI=1S/C19H29N3O/c1-3-4-5-11-20-15-7-6-8-16(12-15)23-19-10-9-18-17(14(19)2)13-21-22-18/h9-10,13,15-16,20H,3-8,11-12H2,1-2H3,(H,21,22). The molecular weight excluding hydrogens is 286 g/mol. The van der Waals surface area contributed by atoms with Crippen molar-refractivity contribution in [2.24, 2.45) is 0 Å². The molecule has 0 spiro atoms. The van der Waals surface area contributed by atoms with Gasteiger partial charge in [-0.1, -0.05) is 19.8 Å². The zero-order valence-corrected chi connectivity index (χ0v) is 14.4. The van der Waals surface area contributed by atoms with E-state index >= 15 is 0 Å². The molecule has 0 saturated heterocycles. The van der Waals surface area contributed by atoms with Gasteiger partial charge in [0, 0.05) is 17.0 Å². The molecule has 2 unspecified atom stereocenters. The molecule has 1 heterocycles. The lowest BCUT2D eigenvalue weighted by Crippen LogP contribution is -2.38. The van der Waals surface area contributed by atoms with Crippen LogP contribution in [0.25, 0.3) is 10.9 Å². The molecule has 1 aromatic carbocycles. The van der Waals surface area contributed by atoms with Gasteiger partial charge in [-0.2, -0.15) is 5.10 Å². The molecule has 2 N–H and O–H groups in total. The lowest BCUT2D eigenvalue weighted by atomic mass is 9.92. The Morgan fingerprint density at radius 2 is 2.22 bits per heavy atom. The minimum Gasteiger partial charge on any atom is -0.490 e. The number of rotatable bonds is 7. The van der Waals surface area contributed by atoms with Crippen molar-refractivity contribution in [2.45, 2.75) is 70.9 Å². The Bertz CT molecular complexity index is 622. The fraction of sp³-hybridized carbons (Fsp3) is 0.632. The van der Waals surface area contributed by atoms with Crippen molar-refractivity contribution in [2.75, 3.05) is 6.54 Å².